The number of carbonyl (C=O) groups excluding carboxylic acids is 3. The highest BCUT2D eigenvalue weighted by molar-refractivity contribution is 6.00. The van der Waals surface area contributed by atoms with Gasteiger partial charge in [-0.3, -0.25) is 9.59 Å². The maximum absolute atomic E-state index is 14.0. The summed E-state index contributed by atoms with van der Waals surface area (Å²) in [4.78, 5) is 41.8. The highest BCUT2D eigenvalue weighted by atomic mass is 16.6. The molecule has 7 nitrogen and oxygen atoms in total. The lowest BCUT2D eigenvalue weighted by Gasteiger charge is -2.37. The summed E-state index contributed by atoms with van der Waals surface area (Å²) < 4.78 is 5.34. The predicted octanol–water partition coefficient (Wildman–Crippen LogP) is 6.17. The fraction of sp³-hybridized carbons (Fsp3) is 0.433. The molecule has 0 aromatic heterocycles. The first kappa shape index (κ1) is 29.6. The number of para-hydroxylation sites is 1. The molecule has 0 fully saturated rings. The Kier molecular flexibility index (Phi) is 10.1. The second-order valence-electron chi connectivity index (χ2n) is 10.4. The number of carbonyl (C=O) groups is 3. The van der Waals surface area contributed by atoms with Crippen molar-refractivity contribution in [3.63, 3.8) is 0 Å². The van der Waals surface area contributed by atoms with Crippen molar-refractivity contribution in [2.75, 3.05) is 5.32 Å². The van der Waals surface area contributed by atoms with Crippen LogP contribution in [0.25, 0.3) is 6.08 Å². The minimum Gasteiger partial charge on any atom is -0.444 e. The number of nitrogens with one attached hydrogen (secondary N) is 2. The average molecular weight is 508 g/mol. The Morgan fingerprint density at radius 3 is 2.19 bits per heavy atom. The van der Waals surface area contributed by atoms with E-state index < -0.39 is 23.8 Å². The zero-order chi connectivity index (χ0) is 27.9. The van der Waals surface area contributed by atoms with Crippen molar-refractivity contribution in [2.45, 2.75) is 85.5 Å². The molecule has 3 atom stereocenters. The molecule has 37 heavy (non-hydrogen) atoms. The molecule has 3 unspecified atom stereocenters. The van der Waals surface area contributed by atoms with E-state index in [9.17, 15) is 14.4 Å². The van der Waals surface area contributed by atoms with E-state index in [1.165, 1.54) is 0 Å². The molecule has 0 saturated heterocycles. The van der Waals surface area contributed by atoms with Crippen LogP contribution in [0.4, 0.5) is 10.5 Å². The fourth-order valence-electron chi connectivity index (χ4n) is 4.06. The van der Waals surface area contributed by atoms with Crippen LogP contribution >= 0.6 is 0 Å². The third kappa shape index (κ3) is 7.94. The summed E-state index contributed by atoms with van der Waals surface area (Å²) in [5.74, 6) is -0.720. The molecule has 0 aliphatic rings. The molecule has 7 heteroatoms. The fourth-order valence-corrected chi connectivity index (χ4v) is 4.06. The summed E-state index contributed by atoms with van der Waals surface area (Å²) >= 11 is 0. The van der Waals surface area contributed by atoms with Gasteiger partial charge in [-0.1, -0.05) is 56.0 Å². The van der Waals surface area contributed by atoms with Crippen molar-refractivity contribution in [1.82, 2.24) is 10.2 Å². The maximum atomic E-state index is 14.0. The van der Waals surface area contributed by atoms with Gasteiger partial charge in [0, 0.05) is 11.7 Å². The maximum Gasteiger partial charge on any atom is 0.408 e. The Balaban J connectivity index is 2.54. The quantitative estimate of drug-likeness (QED) is 0.425. The average Bonchev–Trinajstić information content (AvgIpc) is 2.82. The number of benzene rings is 2. The van der Waals surface area contributed by atoms with Gasteiger partial charge in [0.2, 0.25) is 5.91 Å². The van der Waals surface area contributed by atoms with E-state index in [2.05, 4.69) is 17.2 Å². The SMILES string of the molecule is C=Cc1cccc(C(C(=O)Nc2c(C)cccc2C)N(C(=O)C(C)NC(=O)OC(C)(C)C)C(C)CC)c1. The van der Waals surface area contributed by atoms with Crippen LogP contribution in [0.15, 0.2) is 49.0 Å². The second kappa shape index (κ2) is 12.6. The lowest BCUT2D eigenvalue weighted by atomic mass is 9.98. The highest BCUT2D eigenvalue weighted by Gasteiger charge is 2.37. The van der Waals surface area contributed by atoms with Gasteiger partial charge >= 0.3 is 6.09 Å². The van der Waals surface area contributed by atoms with E-state index in [1.807, 2.05) is 70.2 Å². The zero-order valence-corrected chi connectivity index (χ0v) is 23.3. The molecule has 0 bridgehead atoms. The van der Waals surface area contributed by atoms with Gasteiger partial charge in [-0.2, -0.15) is 0 Å². The van der Waals surface area contributed by atoms with E-state index in [4.69, 9.17) is 4.74 Å². The van der Waals surface area contributed by atoms with E-state index >= 15 is 0 Å². The molecule has 0 aliphatic heterocycles. The summed E-state index contributed by atoms with van der Waals surface area (Å²) in [6, 6.07) is 11.1. The van der Waals surface area contributed by atoms with Crippen molar-refractivity contribution >= 4 is 29.7 Å². The van der Waals surface area contributed by atoms with Gasteiger partial charge in [0.05, 0.1) is 0 Å². The van der Waals surface area contributed by atoms with E-state index in [0.717, 1.165) is 16.7 Å². The van der Waals surface area contributed by atoms with E-state index in [0.29, 0.717) is 17.7 Å². The van der Waals surface area contributed by atoms with Crippen LogP contribution in [-0.4, -0.2) is 40.5 Å². The van der Waals surface area contributed by atoms with Crippen molar-refractivity contribution < 1.29 is 19.1 Å². The lowest BCUT2D eigenvalue weighted by Crippen LogP contribution is -2.53. The largest absolute Gasteiger partial charge is 0.444 e. The molecule has 0 radical (unpaired) electrons. The normalized spacial score (nSPS) is 13.6. The van der Waals surface area contributed by atoms with Crippen molar-refractivity contribution in [3.05, 3.63) is 71.3 Å². The first-order valence-electron chi connectivity index (χ1n) is 12.7. The molecule has 0 heterocycles. The van der Waals surface area contributed by atoms with Crippen LogP contribution in [0.1, 0.15) is 76.3 Å². The summed E-state index contributed by atoms with van der Waals surface area (Å²) in [7, 11) is 0. The zero-order valence-electron chi connectivity index (χ0n) is 23.3. The number of amides is 3. The first-order chi connectivity index (χ1) is 17.3. The molecule has 2 N–H and O–H groups in total. The highest BCUT2D eigenvalue weighted by Crippen LogP contribution is 2.30. The van der Waals surface area contributed by atoms with Gasteiger partial charge in [0.1, 0.15) is 17.7 Å². The molecule has 2 rings (SSSR count). The Morgan fingerprint density at radius 2 is 1.65 bits per heavy atom. The standard InChI is InChI=1S/C30H41N3O4/c1-10-21(5)33(28(35)22(6)31-29(36)37-30(7,8)9)26(24-17-13-16-23(11-2)18-24)27(34)32-25-19(3)14-12-15-20(25)4/h11-18,21-22,26H,2,10H2,1,3-9H3,(H,31,36)(H,32,34). The molecule has 0 spiro atoms. The van der Waals surface area contributed by atoms with E-state index in [-0.39, 0.29) is 17.9 Å². The third-order valence-electron chi connectivity index (χ3n) is 6.14. The predicted molar refractivity (Wildman–Crippen MR) is 149 cm³/mol. The summed E-state index contributed by atoms with van der Waals surface area (Å²) in [6.45, 7) is 18.4. The Labute approximate surface area is 221 Å². The van der Waals surface area contributed by atoms with Crippen molar-refractivity contribution in [2.24, 2.45) is 0 Å². The molecule has 0 saturated carbocycles. The smallest absolute Gasteiger partial charge is 0.408 e. The van der Waals surface area contributed by atoms with Gasteiger partial charge < -0.3 is 20.3 Å². The van der Waals surface area contributed by atoms with Crippen LogP contribution in [0.5, 0.6) is 0 Å². The summed E-state index contributed by atoms with van der Waals surface area (Å²) in [6.07, 6.45) is 1.62. The number of hydrogen-bond donors (Lipinski definition) is 2. The van der Waals surface area contributed by atoms with Gasteiger partial charge in [0.25, 0.3) is 5.91 Å². The Morgan fingerprint density at radius 1 is 1.05 bits per heavy atom. The first-order valence-corrected chi connectivity index (χ1v) is 12.7. The van der Waals surface area contributed by atoms with Crippen LogP contribution in [0.3, 0.4) is 0 Å². The summed E-state index contributed by atoms with van der Waals surface area (Å²) in [5.41, 5.74) is 3.34. The number of rotatable bonds is 9. The molecule has 3 amide bonds. The molecular formula is C30H41N3O4. The molecular weight excluding hydrogens is 466 g/mol. The number of aryl methyl sites for hydroxylation is 2. The number of hydrogen-bond acceptors (Lipinski definition) is 4. The molecule has 0 aliphatic carbocycles. The van der Waals surface area contributed by atoms with Gasteiger partial charge in [0.15, 0.2) is 0 Å². The topological polar surface area (TPSA) is 87.7 Å². The minimum absolute atomic E-state index is 0.295. The van der Waals surface area contributed by atoms with Crippen molar-refractivity contribution in [3.8, 4) is 0 Å². The van der Waals surface area contributed by atoms with Crippen LogP contribution in [0, 0.1) is 13.8 Å². The number of ether oxygens (including phenoxy) is 1. The minimum atomic E-state index is -0.941. The number of nitrogens with zero attached hydrogens (tertiary/aromatic N) is 1. The van der Waals surface area contributed by atoms with Crippen LogP contribution < -0.4 is 10.6 Å². The van der Waals surface area contributed by atoms with E-state index in [1.54, 1.807) is 38.7 Å². The van der Waals surface area contributed by atoms with Gasteiger partial charge in [-0.25, -0.2) is 4.79 Å². The van der Waals surface area contributed by atoms with Crippen molar-refractivity contribution in [1.29, 1.82) is 0 Å². The summed E-state index contributed by atoms with van der Waals surface area (Å²) in [5, 5.41) is 5.70. The molecule has 2 aromatic carbocycles. The van der Waals surface area contributed by atoms with Crippen LogP contribution in [-0.2, 0) is 14.3 Å². The monoisotopic (exact) mass is 507 g/mol. The second-order valence-corrected chi connectivity index (χ2v) is 10.4. The molecule has 200 valence electrons. The third-order valence-corrected chi connectivity index (χ3v) is 6.14. The van der Waals surface area contributed by atoms with Crippen LogP contribution in [0.2, 0.25) is 0 Å². The number of alkyl carbamates (subject to hydrolysis) is 1. The lowest BCUT2D eigenvalue weighted by molar-refractivity contribution is -0.143. The molecule has 2 aromatic rings. The Bertz CT molecular complexity index is 1120. The Hall–Kier alpha value is -3.61. The number of anilines is 1. The van der Waals surface area contributed by atoms with Gasteiger partial charge in [-0.15, -0.1) is 0 Å². The van der Waals surface area contributed by atoms with Gasteiger partial charge in [-0.05, 0) is 83.2 Å².